The number of amides is 1. The number of hydrogen-bond donors (Lipinski definition) is 1. The number of nitrogens with one attached hydrogen (secondary N) is 1. The number of ether oxygens (including phenoxy) is 2. The van der Waals surface area contributed by atoms with Gasteiger partial charge in [0.15, 0.2) is 0 Å². The van der Waals surface area contributed by atoms with Crippen LogP contribution >= 0.6 is 0 Å². The molecule has 0 spiro atoms. The minimum Gasteiger partial charge on any atom is -0.489 e. The summed E-state index contributed by atoms with van der Waals surface area (Å²) in [7, 11) is 0. The van der Waals surface area contributed by atoms with Crippen molar-refractivity contribution in [1.82, 2.24) is 0 Å². The van der Waals surface area contributed by atoms with Gasteiger partial charge in [0.25, 0.3) is 0 Å². The summed E-state index contributed by atoms with van der Waals surface area (Å²) in [6, 6.07) is 22.3. The molecule has 3 rings (SSSR count). The van der Waals surface area contributed by atoms with E-state index >= 15 is 0 Å². The minimum absolute atomic E-state index is 0.0651. The molecule has 0 unspecified atom stereocenters. The highest BCUT2D eigenvalue weighted by Crippen LogP contribution is 2.20. The number of hydrogen-bond acceptors (Lipinski definition) is 3. The van der Waals surface area contributed by atoms with Crippen LogP contribution in [-0.4, -0.2) is 6.09 Å². The molecular weight excluding hydrogens is 321 g/mol. The fraction of sp³-hybridized carbons (Fsp3) is 0.0500. The molecule has 0 saturated heterocycles. The molecule has 0 saturated carbocycles. The van der Waals surface area contributed by atoms with Crippen LogP contribution in [-0.2, 0) is 6.61 Å². The van der Waals surface area contributed by atoms with Crippen molar-refractivity contribution in [2.45, 2.75) is 6.61 Å². The number of halogens is 1. The van der Waals surface area contributed by atoms with E-state index in [4.69, 9.17) is 9.47 Å². The van der Waals surface area contributed by atoms with E-state index in [1.165, 1.54) is 12.1 Å². The summed E-state index contributed by atoms with van der Waals surface area (Å²) in [4.78, 5) is 11.8. The van der Waals surface area contributed by atoms with E-state index < -0.39 is 11.9 Å². The Kier molecular flexibility index (Phi) is 5.26. The van der Waals surface area contributed by atoms with Crippen molar-refractivity contribution in [1.29, 1.82) is 0 Å². The Morgan fingerprint density at radius 1 is 0.840 bits per heavy atom. The molecule has 0 radical (unpaired) electrons. The van der Waals surface area contributed by atoms with Gasteiger partial charge in [-0.15, -0.1) is 0 Å². The van der Waals surface area contributed by atoms with Crippen molar-refractivity contribution in [3.63, 3.8) is 0 Å². The predicted molar refractivity (Wildman–Crippen MR) is 93.3 cm³/mol. The smallest absolute Gasteiger partial charge is 0.417 e. The van der Waals surface area contributed by atoms with Gasteiger partial charge >= 0.3 is 6.09 Å². The Hall–Kier alpha value is -3.34. The van der Waals surface area contributed by atoms with Crippen molar-refractivity contribution in [3.05, 3.63) is 90.2 Å². The number of carbonyl (C=O) groups is 1. The highest BCUT2D eigenvalue weighted by atomic mass is 19.1. The predicted octanol–water partition coefficient (Wildman–Crippen LogP) is 5.02. The first-order valence-corrected chi connectivity index (χ1v) is 7.71. The van der Waals surface area contributed by atoms with E-state index in [0.29, 0.717) is 18.1 Å². The van der Waals surface area contributed by atoms with E-state index in [2.05, 4.69) is 5.32 Å². The average Bonchev–Trinajstić information content (AvgIpc) is 2.64. The zero-order chi connectivity index (χ0) is 17.5. The van der Waals surface area contributed by atoms with Crippen LogP contribution in [0.15, 0.2) is 78.9 Å². The Labute approximate surface area is 144 Å². The number of anilines is 1. The normalized spacial score (nSPS) is 10.1. The third-order valence-corrected chi connectivity index (χ3v) is 3.39. The Morgan fingerprint density at radius 2 is 1.48 bits per heavy atom. The summed E-state index contributed by atoms with van der Waals surface area (Å²) in [5, 5.41) is 2.35. The second kappa shape index (κ2) is 7.97. The highest BCUT2D eigenvalue weighted by molar-refractivity contribution is 5.86. The van der Waals surface area contributed by atoms with Crippen molar-refractivity contribution in [3.8, 4) is 11.5 Å². The van der Waals surface area contributed by atoms with Gasteiger partial charge in [-0.1, -0.05) is 42.5 Å². The second-order valence-corrected chi connectivity index (χ2v) is 5.24. The molecule has 0 fully saturated rings. The average molecular weight is 337 g/mol. The van der Waals surface area contributed by atoms with Gasteiger partial charge in [-0.05, 0) is 42.0 Å². The molecule has 0 atom stereocenters. The first-order valence-electron chi connectivity index (χ1n) is 7.71. The first-order chi connectivity index (χ1) is 12.2. The van der Waals surface area contributed by atoms with Gasteiger partial charge in [0.2, 0.25) is 0 Å². The van der Waals surface area contributed by atoms with Crippen molar-refractivity contribution >= 4 is 11.8 Å². The number of carbonyl (C=O) groups excluding carboxylic acids is 1. The van der Waals surface area contributed by atoms with Gasteiger partial charge < -0.3 is 9.47 Å². The van der Waals surface area contributed by atoms with Crippen LogP contribution in [0, 0.1) is 5.82 Å². The van der Waals surface area contributed by atoms with E-state index in [-0.39, 0.29) is 5.69 Å². The maximum atomic E-state index is 13.5. The molecule has 3 aromatic carbocycles. The molecule has 4 nitrogen and oxygen atoms in total. The monoisotopic (exact) mass is 337 g/mol. The van der Waals surface area contributed by atoms with Crippen LogP contribution in [0.2, 0.25) is 0 Å². The third-order valence-electron chi connectivity index (χ3n) is 3.39. The first kappa shape index (κ1) is 16.5. The molecule has 0 aliphatic heterocycles. The quantitative estimate of drug-likeness (QED) is 0.711. The fourth-order valence-corrected chi connectivity index (χ4v) is 2.15. The molecule has 1 N–H and O–H groups in total. The molecule has 1 amide bonds. The van der Waals surface area contributed by atoms with E-state index in [0.717, 1.165) is 5.56 Å². The molecule has 25 heavy (non-hydrogen) atoms. The van der Waals surface area contributed by atoms with Crippen molar-refractivity contribution < 1.29 is 18.7 Å². The molecule has 5 heteroatoms. The topological polar surface area (TPSA) is 47.6 Å². The third kappa shape index (κ3) is 4.81. The summed E-state index contributed by atoms with van der Waals surface area (Å²) in [6.07, 6.45) is -0.761. The molecule has 0 heterocycles. The number of para-hydroxylation sites is 1. The largest absolute Gasteiger partial charge is 0.489 e. The van der Waals surface area contributed by atoms with Crippen molar-refractivity contribution in [2.24, 2.45) is 0 Å². The summed E-state index contributed by atoms with van der Waals surface area (Å²) in [5.41, 5.74) is 1.13. The zero-order valence-corrected chi connectivity index (χ0v) is 13.3. The molecule has 0 aliphatic rings. The summed E-state index contributed by atoms with van der Waals surface area (Å²) < 4.78 is 24.3. The summed E-state index contributed by atoms with van der Waals surface area (Å²) >= 11 is 0. The zero-order valence-electron chi connectivity index (χ0n) is 13.3. The van der Waals surface area contributed by atoms with Gasteiger partial charge in [-0.2, -0.15) is 0 Å². The van der Waals surface area contributed by atoms with Crippen molar-refractivity contribution in [2.75, 3.05) is 5.32 Å². The van der Waals surface area contributed by atoms with Gasteiger partial charge in [0.05, 0.1) is 5.69 Å². The van der Waals surface area contributed by atoms with Crippen LogP contribution < -0.4 is 14.8 Å². The molecule has 126 valence electrons. The lowest BCUT2D eigenvalue weighted by Gasteiger charge is -2.09. The highest BCUT2D eigenvalue weighted by Gasteiger charge is 2.08. The fourth-order valence-electron chi connectivity index (χ4n) is 2.15. The van der Waals surface area contributed by atoms with Gasteiger partial charge in [0, 0.05) is 0 Å². The van der Waals surface area contributed by atoms with E-state index in [1.807, 2.05) is 30.3 Å². The standard InChI is InChI=1S/C20H16FNO3/c21-18-8-4-5-9-19(18)22-20(23)25-17-12-10-16(11-13-17)24-14-15-6-2-1-3-7-15/h1-13H,14H2,(H,22,23). The van der Waals surface area contributed by atoms with Crippen LogP contribution in [0.1, 0.15) is 5.56 Å². The van der Waals surface area contributed by atoms with Gasteiger partial charge in [-0.25, -0.2) is 9.18 Å². The summed E-state index contributed by atoms with van der Waals surface area (Å²) in [6.45, 7) is 0.453. The molecule has 0 aromatic heterocycles. The second-order valence-electron chi connectivity index (χ2n) is 5.24. The lowest BCUT2D eigenvalue weighted by molar-refractivity contribution is 0.215. The molecular formula is C20H16FNO3. The Morgan fingerprint density at radius 3 is 2.20 bits per heavy atom. The Balaban J connectivity index is 1.53. The maximum absolute atomic E-state index is 13.5. The number of benzene rings is 3. The minimum atomic E-state index is -0.761. The van der Waals surface area contributed by atoms with Crippen LogP contribution in [0.5, 0.6) is 11.5 Å². The lowest BCUT2D eigenvalue weighted by Crippen LogP contribution is -2.17. The van der Waals surface area contributed by atoms with Crippen LogP contribution in [0.25, 0.3) is 0 Å². The van der Waals surface area contributed by atoms with E-state index in [1.54, 1.807) is 36.4 Å². The summed E-state index contributed by atoms with van der Waals surface area (Å²) in [5.74, 6) is 0.468. The Bertz CT molecular complexity index is 835. The molecule has 3 aromatic rings. The van der Waals surface area contributed by atoms with Gasteiger partial charge in [-0.3, -0.25) is 5.32 Å². The SMILES string of the molecule is O=C(Nc1ccccc1F)Oc1ccc(OCc2ccccc2)cc1. The lowest BCUT2D eigenvalue weighted by atomic mass is 10.2. The van der Waals surface area contributed by atoms with Crippen LogP contribution in [0.3, 0.4) is 0 Å². The number of rotatable bonds is 5. The maximum Gasteiger partial charge on any atom is 0.417 e. The molecule has 0 bridgehead atoms. The van der Waals surface area contributed by atoms with E-state index in [9.17, 15) is 9.18 Å². The van der Waals surface area contributed by atoms with Gasteiger partial charge in [0.1, 0.15) is 23.9 Å². The molecule has 0 aliphatic carbocycles. The van der Waals surface area contributed by atoms with Crippen LogP contribution in [0.4, 0.5) is 14.9 Å².